The molecule has 0 unspecified atom stereocenters. The van der Waals surface area contributed by atoms with E-state index >= 15 is 0 Å². The van der Waals surface area contributed by atoms with Crippen molar-refractivity contribution < 1.29 is 9.18 Å². The molecule has 0 atom stereocenters. The van der Waals surface area contributed by atoms with Crippen LogP contribution in [0.15, 0.2) is 22.7 Å². The number of rotatable bonds is 0. The first-order valence-corrected chi connectivity index (χ1v) is 4.16. The number of carbonyl (C=O) groups is 1. The zero-order valence-corrected chi connectivity index (χ0v) is 8.06. The maximum atomic E-state index is 13.0. The molecule has 4 heteroatoms. The van der Waals surface area contributed by atoms with Gasteiger partial charge in [-0.3, -0.25) is 4.79 Å². The van der Waals surface area contributed by atoms with Crippen LogP contribution in [0.25, 0.3) is 0 Å². The van der Waals surface area contributed by atoms with Crippen molar-refractivity contribution in [1.82, 2.24) is 0 Å². The van der Waals surface area contributed by atoms with E-state index in [1.54, 1.807) is 6.07 Å². The lowest BCUT2D eigenvalue weighted by Gasteiger charge is -1.95. The first kappa shape index (κ1) is 9.75. The molecule has 1 rings (SSSR count). The fourth-order valence-corrected chi connectivity index (χ4v) is 1.18. The van der Waals surface area contributed by atoms with Crippen molar-refractivity contribution in [1.29, 1.82) is 0 Å². The molecular formula is C9H5BrFNO. The predicted molar refractivity (Wildman–Crippen MR) is 50.2 cm³/mol. The standard InChI is InChI=1S/C9H5BrFNO/c10-7-2-1-3-8(11)6(7)4-5-9(12)13/h1-3H,(H2,12,13). The van der Waals surface area contributed by atoms with Crippen molar-refractivity contribution in [2.75, 3.05) is 0 Å². The van der Waals surface area contributed by atoms with Crippen LogP contribution in [0.5, 0.6) is 0 Å². The van der Waals surface area contributed by atoms with Crippen LogP contribution in [0.2, 0.25) is 0 Å². The number of halogens is 2. The van der Waals surface area contributed by atoms with E-state index in [9.17, 15) is 9.18 Å². The van der Waals surface area contributed by atoms with E-state index in [2.05, 4.69) is 27.8 Å². The highest BCUT2D eigenvalue weighted by Gasteiger charge is 2.02. The number of nitrogens with two attached hydrogens (primary N) is 1. The average molecular weight is 242 g/mol. The summed E-state index contributed by atoms with van der Waals surface area (Å²) in [6, 6.07) is 4.43. The Morgan fingerprint density at radius 2 is 2.23 bits per heavy atom. The summed E-state index contributed by atoms with van der Waals surface area (Å²) in [5.74, 6) is 3.13. The lowest BCUT2D eigenvalue weighted by Crippen LogP contribution is -2.06. The van der Waals surface area contributed by atoms with Gasteiger partial charge in [0.05, 0.1) is 5.56 Å². The van der Waals surface area contributed by atoms with Gasteiger partial charge in [0.1, 0.15) is 5.82 Å². The number of primary amides is 1. The number of amides is 1. The molecule has 2 N–H and O–H groups in total. The summed E-state index contributed by atoms with van der Waals surface area (Å²) >= 11 is 3.10. The molecule has 66 valence electrons. The van der Waals surface area contributed by atoms with Crippen LogP contribution in [0, 0.1) is 17.7 Å². The van der Waals surface area contributed by atoms with Crippen molar-refractivity contribution in [2.24, 2.45) is 5.73 Å². The Bertz CT molecular complexity index is 386. The first-order chi connectivity index (χ1) is 6.11. The van der Waals surface area contributed by atoms with Gasteiger partial charge in [-0.25, -0.2) is 4.39 Å². The largest absolute Gasteiger partial charge is 0.359 e. The Morgan fingerprint density at radius 1 is 1.54 bits per heavy atom. The van der Waals surface area contributed by atoms with E-state index in [1.807, 2.05) is 0 Å². The number of carbonyl (C=O) groups excluding carboxylic acids is 1. The van der Waals surface area contributed by atoms with E-state index in [0.29, 0.717) is 4.47 Å². The normalized spacial score (nSPS) is 8.77. The molecule has 0 aliphatic heterocycles. The third-order valence-corrected chi connectivity index (χ3v) is 1.93. The summed E-state index contributed by atoms with van der Waals surface area (Å²) < 4.78 is 13.5. The Balaban J connectivity index is 3.16. The summed E-state index contributed by atoms with van der Waals surface area (Å²) in [7, 11) is 0. The molecule has 0 aromatic heterocycles. The Kier molecular flexibility index (Phi) is 3.04. The zero-order valence-electron chi connectivity index (χ0n) is 6.47. The quantitative estimate of drug-likeness (QED) is 0.687. The van der Waals surface area contributed by atoms with Crippen molar-refractivity contribution in [3.63, 3.8) is 0 Å². The first-order valence-electron chi connectivity index (χ1n) is 3.36. The van der Waals surface area contributed by atoms with Crippen molar-refractivity contribution in [3.8, 4) is 11.8 Å². The topological polar surface area (TPSA) is 43.1 Å². The molecule has 0 bridgehead atoms. The van der Waals surface area contributed by atoms with E-state index in [1.165, 1.54) is 12.1 Å². The van der Waals surface area contributed by atoms with Crippen LogP contribution >= 0.6 is 15.9 Å². The van der Waals surface area contributed by atoms with Gasteiger partial charge in [0, 0.05) is 10.4 Å². The molecule has 1 aromatic rings. The number of hydrogen-bond acceptors (Lipinski definition) is 1. The minimum atomic E-state index is -0.782. The Labute approximate surface area is 83.1 Å². The molecule has 0 spiro atoms. The van der Waals surface area contributed by atoms with Gasteiger partial charge in [0.15, 0.2) is 0 Å². The summed E-state index contributed by atoms with van der Waals surface area (Å²) in [5.41, 5.74) is 4.93. The number of benzene rings is 1. The monoisotopic (exact) mass is 241 g/mol. The summed E-state index contributed by atoms with van der Waals surface area (Å²) in [4.78, 5) is 10.3. The van der Waals surface area contributed by atoms with Crippen LogP contribution in [-0.4, -0.2) is 5.91 Å². The van der Waals surface area contributed by atoms with Crippen LogP contribution in [-0.2, 0) is 4.79 Å². The molecule has 1 aromatic carbocycles. The predicted octanol–water partition coefficient (Wildman–Crippen LogP) is 1.43. The molecular weight excluding hydrogens is 237 g/mol. The Morgan fingerprint density at radius 3 is 2.77 bits per heavy atom. The molecule has 0 fully saturated rings. The van der Waals surface area contributed by atoms with Gasteiger partial charge in [-0.15, -0.1) is 0 Å². The van der Waals surface area contributed by atoms with Gasteiger partial charge in [-0.2, -0.15) is 0 Å². The van der Waals surface area contributed by atoms with Gasteiger partial charge in [-0.05, 0) is 28.1 Å². The summed E-state index contributed by atoms with van der Waals surface area (Å²) in [6.07, 6.45) is 0. The molecule has 0 saturated carbocycles. The van der Waals surface area contributed by atoms with Gasteiger partial charge in [0.2, 0.25) is 0 Å². The van der Waals surface area contributed by atoms with Crippen LogP contribution < -0.4 is 5.73 Å². The van der Waals surface area contributed by atoms with Crippen molar-refractivity contribution in [3.05, 3.63) is 34.1 Å². The highest BCUT2D eigenvalue weighted by atomic mass is 79.9. The summed E-state index contributed by atoms with van der Waals surface area (Å²) in [5, 5.41) is 0. The highest BCUT2D eigenvalue weighted by molar-refractivity contribution is 9.10. The molecule has 0 aliphatic rings. The van der Waals surface area contributed by atoms with E-state index < -0.39 is 11.7 Å². The molecule has 2 nitrogen and oxygen atoms in total. The molecule has 0 radical (unpaired) electrons. The van der Waals surface area contributed by atoms with Crippen molar-refractivity contribution >= 4 is 21.8 Å². The molecule has 0 aliphatic carbocycles. The van der Waals surface area contributed by atoms with E-state index in [-0.39, 0.29) is 5.56 Å². The second-order valence-electron chi connectivity index (χ2n) is 2.21. The van der Waals surface area contributed by atoms with Crippen LogP contribution in [0.4, 0.5) is 4.39 Å². The second-order valence-corrected chi connectivity index (χ2v) is 3.07. The lowest BCUT2D eigenvalue weighted by molar-refractivity contribution is -0.112. The Hall–Kier alpha value is -1.34. The SMILES string of the molecule is NC(=O)C#Cc1c(F)cccc1Br. The summed E-state index contributed by atoms with van der Waals surface area (Å²) in [6.45, 7) is 0. The third-order valence-electron chi connectivity index (χ3n) is 1.27. The fraction of sp³-hybridized carbons (Fsp3) is 0. The molecule has 13 heavy (non-hydrogen) atoms. The number of hydrogen-bond donors (Lipinski definition) is 1. The zero-order chi connectivity index (χ0) is 9.84. The van der Waals surface area contributed by atoms with Gasteiger partial charge in [-0.1, -0.05) is 12.0 Å². The smallest absolute Gasteiger partial charge is 0.293 e. The van der Waals surface area contributed by atoms with Gasteiger partial charge in [0.25, 0.3) is 5.91 Å². The molecule has 0 saturated heterocycles. The maximum Gasteiger partial charge on any atom is 0.293 e. The van der Waals surface area contributed by atoms with Crippen molar-refractivity contribution in [2.45, 2.75) is 0 Å². The maximum absolute atomic E-state index is 13.0. The van der Waals surface area contributed by atoms with E-state index in [0.717, 1.165) is 0 Å². The average Bonchev–Trinajstić information content (AvgIpc) is 2.03. The highest BCUT2D eigenvalue weighted by Crippen LogP contribution is 2.17. The van der Waals surface area contributed by atoms with Crippen LogP contribution in [0.1, 0.15) is 5.56 Å². The minimum Gasteiger partial charge on any atom is -0.359 e. The van der Waals surface area contributed by atoms with E-state index in [4.69, 9.17) is 5.73 Å². The second kappa shape index (κ2) is 4.06. The fourth-order valence-electron chi connectivity index (χ4n) is 0.741. The van der Waals surface area contributed by atoms with Gasteiger partial charge >= 0.3 is 0 Å². The molecule has 1 amide bonds. The lowest BCUT2D eigenvalue weighted by atomic mass is 10.2. The van der Waals surface area contributed by atoms with Crippen LogP contribution in [0.3, 0.4) is 0 Å². The minimum absolute atomic E-state index is 0.140. The molecule has 0 heterocycles. The third kappa shape index (κ3) is 2.56. The van der Waals surface area contributed by atoms with Gasteiger partial charge < -0.3 is 5.73 Å².